The average Bonchev–Trinajstić information content (AvgIpc) is 3.30. The molecule has 5 atom stereocenters. The van der Waals surface area contributed by atoms with E-state index in [9.17, 15) is 24.0 Å². The summed E-state index contributed by atoms with van der Waals surface area (Å²) in [6, 6.07) is 4.97. The molecule has 2 N–H and O–H groups in total. The Morgan fingerprint density at radius 3 is 2.19 bits per heavy atom. The molecule has 16 heteroatoms. The highest BCUT2D eigenvalue weighted by Gasteiger charge is 2.52. The van der Waals surface area contributed by atoms with Gasteiger partial charge in [0.05, 0.1) is 22.4 Å². The number of nitrogens with one attached hydrogen (secondary N) is 2. The van der Waals surface area contributed by atoms with Crippen LogP contribution in [0.2, 0.25) is 0 Å². The van der Waals surface area contributed by atoms with E-state index in [1.54, 1.807) is 18.2 Å². The van der Waals surface area contributed by atoms with E-state index in [2.05, 4.69) is 15.6 Å². The van der Waals surface area contributed by atoms with Gasteiger partial charge in [-0.25, -0.2) is 9.78 Å². The van der Waals surface area contributed by atoms with Crippen LogP contribution in [-0.4, -0.2) is 83.8 Å². The number of thiazole rings is 1. The summed E-state index contributed by atoms with van der Waals surface area (Å²) in [6.07, 6.45) is -5.67. The third-order valence-corrected chi connectivity index (χ3v) is 6.72. The summed E-state index contributed by atoms with van der Waals surface area (Å²) >= 11 is 6.70. The van der Waals surface area contributed by atoms with Crippen LogP contribution in [0.1, 0.15) is 51.4 Å². The number of anilines is 1. The number of hydrogen-bond acceptors (Lipinski definition) is 14. The lowest BCUT2D eigenvalue weighted by Crippen LogP contribution is -2.66. The van der Waals surface area contributed by atoms with Crippen LogP contribution in [0.3, 0.4) is 0 Å². The zero-order valence-electron chi connectivity index (χ0n) is 23.5. The lowest BCUT2D eigenvalue weighted by molar-refractivity contribution is -0.254. The maximum Gasteiger partial charge on any atom is 0.338 e. The molecule has 3 rings (SSSR count). The first-order chi connectivity index (χ1) is 19.9. The molecule has 1 aromatic carbocycles. The summed E-state index contributed by atoms with van der Waals surface area (Å²) in [7, 11) is 0. The molecule has 42 heavy (non-hydrogen) atoms. The minimum atomic E-state index is -1.35. The number of ether oxygens (including phenoxy) is 6. The molecule has 0 radical (unpaired) electrons. The Hall–Kier alpha value is -3.89. The lowest BCUT2D eigenvalue weighted by Gasteiger charge is -2.44. The molecule has 1 saturated heterocycles. The molecular weight excluding hydrogens is 594 g/mol. The zero-order chi connectivity index (χ0) is 31.0. The van der Waals surface area contributed by atoms with E-state index in [0.717, 1.165) is 25.5 Å². The van der Waals surface area contributed by atoms with Crippen LogP contribution in [0.15, 0.2) is 18.2 Å². The van der Waals surface area contributed by atoms with Gasteiger partial charge in [0.25, 0.3) is 0 Å². The van der Waals surface area contributed by atoms with Crippen LogP contribution in [0.4, 0.5) is 5.13 Å². The van der Waals surface area contributed by atoms with Crippen molar-refractivity contribution in [1.29, 1.82) is 0 Å². The van der Waals surface area contributed by atoms with E-state index in [-0.39, 0.29) is 11.7 Å². The van der Waals surface area contributed by atoms with Crippen molar-refractivity contribution >= 4 is 73.9 Å². The SMILES string of the molecule is CCCOC(=O)c1ccc2sc(NC(=S)N[C@@H]3O[C@H](COC(C)=O)[C@@H](OC(C)=O)[C@H](OC(C)=O)[C@H]3OC(C)=O)nc2c1. The first-order valence-corrected chi connectivity index (χ1v) is 14.1. The Labute approximate surface area is 250 Å². The molecule has 2 aromatic rings. The molecule has 1 aromatic heterocycles. The molecule has 0 saturated carbocycles. The quantitative estimate of drug-likeness (QED) is 0.223. The molecule has 1 aliphatic rings. The van der Waals surface area contributed by atoms with Crippen molar-refractivity contribution in [3.05, 3.63) is 23.8 Å². The Bertz CT molecular complexity index is 1350. The van der Waals surface area contributed by atoms with E-state index in [1.807, 2.05) is 6.92 Å². The number of fused-ring (bicyclic) bond motifs is 1. The highest BCUT2D eigenvalue weighted by atomic mass is 32.1. The van der Waals surface area contributed by atoms with E-state index < -0.39 is 60.5 Å². The molecule has 228 valence electrons. The monoisotopic (exact) mass is 625 g/mol. The molecule has 14 nitrogen and oxygen atoms in total. The van der Waals surface area contributed by atoms with E-state index in [0.29, 0.717) is 29.2 Å². The fourth-order valence-electron chi connectivity index (χ4n) is 3.99. The number of benzene rings is 1. The third kappa shape index (κ3) is 9.06. The number of carbonyl (C=O) groups excluding carboxylic acids is 5. The van der Waals surface area contributed by atoms with E-state index in [4.69, 9.17) is 40.6 Å². The molecule has 2 heterocycles. The second-order valence-corrected chi connectivity index (χ2v) is 10.5. The smallest absolute Gasteiger partial charge is 0.338 e. The Morgan fingerprint density at radius 1 is 0.929 bits per heavy atom. The molecular formula is C26H31N3O11S2. The summed E-state index contributed by atoms with van der Waals surface area (Å²) < 4.78 is 33.2. The Morgan fingerprint density at radius 2 is 1.57 bits per heavy atom. The van der Waals surface area contributed by atoms with Crippen molar-refractivity contribution < 1.29 is 52.4 Å². The highest BCUT2D eigenvalue weighted by Crippen LogP contribution is 2.30. The maximum atomic E-state index is 12.2. The first-order valence-electron chi connectivity index (χ1n) is 12.8. The van der Waals surface area contributed by atoms with Gasteiger partial charge in [-0.15, -0.1) is 0 Å². The molecule has 1 fully saturated rings. The van der Waals surface area contributed by atoms with Crippen LogP contribution in [-0.2, 0) is 47.6 Å². The van der Waals surface area contributed by atoms with Crippen molar-refractivity contribution in [3.8, 4) is 0 Å². The van der Waals surface area contributed by atoms with Gasteiger partial charge in [0, 0.05) is 27.7 Å². The number of nitrogens with zero attached hydrogens (tertiary/aromatic N) is 1. The van der Waals surface area contributed by atoms with Gasteiger partial charge in [0.2, 0.25) is 0 Å². The Kier molecular flexibility index (Phi) is 11.5. The van der Waals surface area contributed by atoms with Gasteiger partial charge >= 0.3 is 29.8 Å². The normalized spacial score (nSPS) is 21.5. The molecule has 1 aliphatic heterocycles. The van der Waals surface area contributed by atoms with Gasteiger partial charge in [0.1, 0.15) is 12.7 Å². The summed E-state index contributed by atoms with van der Waals surface area (Å²) in [4.78, 5) is 64.1. The lowest BCUT2D eigenvalue weighted by atomic mass is 9.97. The third-order valence-electron chi connectivity index (χ3n) is 5.55. The minimum Gasteiger partial charge on any atom is -0.463 e. The highest BCUT2D eigenvalue weighted by molar-refractivity contribution is 7.80. The zero-order valence-corrected chi connectivity index (χ0v) is 25.1. The van der Waals surface area contributed by atoms with Gasteiger partial charge in [-0.3, -0.25) is 19.2 Å². The van der Waals surface area contributed by atoms with Crippen LogP contribution in [0.5, 0.6) is 0 Å². The summed E-state index contributed by atoms with van der Waals surface area (Å²) in [6.45, 7) is 6.40. The van der Waals surface area contributed by atoms with Gasteiger partial charge in [0.15, 0.2) is 34.8 Å². The number of carbonyl (C=O) groups is 5. The fourth-order valence-corrected chi connectivity index (χ4v) is 5.12. The Balaban J connectivity index is 1.84. The van der Waals surface area contributed by atoms with Crippen LogP contribution < -0.4 is 10.6 Å². The fraction of sp³-hybridized carbons (Fsp3) is 0.500. The molecule has 0 bridgehead atoms. The van der Waals surface area contributed by atoms with Crippen molar-refractivity contribution in [2.75, 3.05) is 18.5 Å². The summed E-state index contributed by atoms with van der Waals surface area (Å²) in [5.41, 5.74) is 0.884. The second-order valence-electron chi connectivity index (χ2n) is 9.06. The number of rotatable bonds is 10. The standard InChI is InChI=1S/C26H31N3O11S2/c1-6-9-35-24(34)16-7-8-19-17(10-16)27-26(42-19)29-25(41)28-23-22(39-15(5)33)21(38-14(4)32)20(37-13(3)31)18(40-23)11-36-12(2)30/h7-8,10,18,20-23H,6,9,11H2,1-5H3,(H2,27,28,29,41)/t18-,20-,21+,22-,23-/m1/s1. The minimum absolute atomic E-state index is 0.0162. The maximum absolute atomic E-state index is 12.2. The number of hydrogen-bond donors (Lipinski definition) is 2. The number of thiocarbonyl (C=S) groups is 1. The van der Waals surface area contributed by atoms with Crippen LogP contribution in [0, 0.1) is 0 Å². The largest absolute Gasteiger partial charge is 0.463 e. The van der Waals surface area contributed by atoms with Crippen LogP contribution >= 0.6 is 23.6 Å². The van der Waals surface area contributed by atoms with Gasteiger partial charge in [-0.05, 0) is 36.8 Å². The van der Waals surface area contributed by atoms with Gasteiger partial charge in [-0.2, -0.15) is 0 Å². The first kappa shape index (κ1) is 32.6. The summed E-state index contributed by atoms with van der Waals surface area (Å²) in [5, 5.41) is 6.12. The number of esters is 5. The van der Waals surface area contributed by atoms with E-state index >= 15 is 0 Å². The predicted octanol–water partition coefficient (Wildman–Crippen LogP) is 2.23. The molecule has 0 unspecified atom stereocenters. The van der Waals surface area contributed by atoms with E-state index in [1.165, 1.54) is 18.3 Å². The average molecular weight is 626 g/mol. The second kappa shape index (κ2) is 14.8. The molecule has 0 amide bonds. The van der Waals surface area contributed by atoms with Crippen molar-refractivity contribution in [1.82, 2.24) is 10.3 Å². The van der Waals surface area contributed by atoms with Gasteiger partial charge in [-0.1, -0.05) is 18.3 Å². The van der Waals surface area contributed by atoms with Gasteiger partial charge < -0.3 is 39.1 Å². The predicted molar refractivity (Wildman–Crippen MR) is 152 cm³/mol. The topological polar surface area (TPSA) is 178 Å². The van der Waals surface area contributed by atoms with Crippen molar-refractivity contribution in [3.63, 3.8) is 0 Å². The van der Waals surface area contributed by atoms with Crippen molar-refractivity contribution in [2.24, 2.45) is 0 Å². The van der Waals surface area contributed by atoms with Crippen LogP contribution in [0.25, 0.3) is 10.2 Å². The summed E-state index contributed by atoms with van der Waals surface area (Å²) in [5.74, 6) is -3.33. The molecule has 0 spiro atoms. The van der Waals surface area contributed by atoms with Crippen molar-refractivity contribution in [2.45, 2.75) is 71.7 Å². The number of aromatic nitrogens is 1. The molecule has 0 aliphatic carbocycles.